The van der Waals surface area contributed by atoms with Gasteiger partial charge in [-0.1, -0.05) is 0 Å². The summed E-state index contributed by atoms with van der Waals surface area (Å²) in [5, 5.41) is 0. The van der Waals surface area contributed by atoms with Crippen LogP contribution in [0.4, 0.5) is 11.4 Å². The smallest absolute Gasteiger partial charge is 0.0601 e. The third-order valence-electron chi connectivity index (χ3n) is 4.06. The number of rotatable bonds is 2. The molecule has 1 atom stereocenters. The molecule has 1 unspecified atom stereocenters. The van der Waals surface area contributed by atoms with E-state index in [4.69, 9.17) is 10.5 Å². The zero-order valence-electron chi connectivity index (χ0n) is 11.0. The molecule has 2 aliphatic rings. The van der Waals surface area contributed by atoms with E-state index in [1.165, 1.54) is 15.7 Å². The summed E-state index contributed by atoms with van der Waals surface area (Å²) < 4.78 is 6.62. The van der Waals surface area contributed by atoms with Crippen LogP contribution >= 0.6 is 22.6 Å². The van der Waals surface area contributed by atoms with Gasteiger partial charge in [0.25, 0.3) is 0 Å². The van der Waals surface area contributed by atoms with Crippen LogP contribution in [0.5, 0.6) is 0 Å². The zero-order chi connectivity index (χ0) is 13.2. The quantitative estimate of drug-likeness (QED) is 0.634. The zero-order valence-corrected chi connectivity index (χ0v) is 13.2. The molecule has 2 fully saturated rings. The average Bonchev–Trinajstić information content (AvgIpc) is 2.89. The van der Waals surface area contributed by atoms with Crippen LogP contribution in [-0.4, -0.2) is 50.3 Å². The average molecular weight is 373 g/mol. The Labute approximate surface area is 128 Å². The second-order valence-corrected chi connectivity index (χ2v) is 6.49. The predicted molar refractivity (Wildman–Crippen MR) is 86.6 cm³/mol. The van der Waals surface area contributed by atoms with Crippen LogP contribution in [-0.2, 0) is 4.74 Å². The molecule has 2 saturated heterocycles. The van der Waals surface area contributed by atoms with Gasteiger partial charge in [-0.3, -0.25) is 4.90 Å². The fourth-order valence-electron chi connectivity index (χ4n) is 3.01. The fourth-order valence-corrected chi connectivity index (χ4v) is 3.53. The van der Waals surface area contributed by atoms with Gasteiger partial charge < -0.3 is 15.4 Å². The van der Waals surface area contributed by atoms with Crippen molar-refractivity contribution in [2.45, 2.75) is 12.5 Å². The number of halogens is 1. The molecule has 2 heterocycles. The highest BCUT2D eigenvalue weighted by atomic mass is 127. The Morgan fingerprint density at radius 2 is 2.00 bits per heavy atom. The Bertz CT molecular complexity index is 448. The van der Waals surface area contributed by atoms with Crippen molar-refractivity contribution in [3.8, 4) is 0 Å². The Hall–Kier alpha value is -0.530. The van der Waals surface area contributed by atoms with Crippen molar-refractivity contribution < 1.29 is 4.74 Å². The van der Waals surface area contributed by atoms with E-state index in [9.17, 15) is 0 Å². The van der Waals surface area contributed by atoms with E-state index in [-0.39, 0.29) is 0 Å². The van der Waals surface area contributed by atoms with Crippen molar-refractivity contribution in [2.24, 2.45) is 0 Å². The first-order valence-electron chi connectivity index (χ1n) is 6.86. The van der Waals surface area contributed by atoms with Crippen molar-refractivity contribution in [1.29, 1.82) is 0 Å². The molecule has 2 aliphatic heterocycles. The molecule has 19 heavy (non-hydrogen) atoms. The fraction of sp³-hybridized carbons (Fsp3) is 0.571. The summed E-state index contributed by atoms with van der Waals surface area (Å²) in [6, 6.07) is 6.99. The molecule has 0 amide bonds. The first kappa shape index (κ1) is 13.5. The van der Waals surface area contributed by atoms with Crippen LogP contribution in [0.1, 0.15) is 6.42 Å². The molecule has 4 nitrogen and oxygen atoms in total. The van der Waals surface area contributed by atoms with E-state index < -0.39 is 0 Å². The van der Waals surface area contributed by atoms with Crippen LogP contribution in [0.2, 0.25) is 0 Å². The van der Waals surface area contributed by atoms with Gasteiger partial charge in [-0.05, 0) is 47.2 Å². The number of nitrogens with two attached hydrogens (primary N) is 1. The Morgan fingerprint density at radius 3 is 2.74 bits per heavy atom. The van der Waals surface area contributed by atoms with Crippen LogP contribution in [0.25, 0.3) is 0 Å². The molecular weight excluding hydrogens is 353 g/mol. The van der Waals surface area contributed by atoms with Gasteiger partial charge >= 0.3 is 0 Å². The van der Waals surface area contributed by atoms with Gasteiger partial charge in [-0.2, -0.15) is 0 Å². The van der Waals surface area contributed by atoms with E-state index >= 15 is 0 Å². The molecule has 1 aromatic rings. The maximum absolute atomic E-state index is 6.15. The van der Waals surface area contributed by atoms with Crippen LogP contribution in [0, 0.1) is 3.57 Å². The molecule has 0 spiro atoms. The first-order chi connectivity index (χ1) is 9.24. The van der Waals surface area contributed by atoms with Gasteiger partial charge in [0, 0.05) is 35.8 Å². The van der Waals surface area contributed by atoms with Crippen molar-refractivity contribution in [2.75, 3.05) is 50.0 Å². The van der Waals surface area contributed by atoms with Crippen molar-refractivity contribution in [3.63, 3.8) is 0 Å². The summed E-state index contributed by atoms with van der Waals surface area (Å²) in [5.74, 6) is 0. The summed E-state index contributed by atoms with van der Waals surface area (Å²) in [7, 11) is 0. The summed E-state index contributed by atoms with van der Waals surface area (Å²) in [4.78, 5) is 4.98. The molecule has 3 rings (SSSR count). The van der Waals surface area contributed by atoms with Crippen LogP contribution in [0.15, 0.2) is 18.2 Å². The lowest BCUT2D eigenvalue weighted by Gasteiger charge is -2.32. The molecule has 0 radical (unpaired) electrons. The minimum absolute atomic E-state index is 0.655. The van der Waals surface area contributed by atoms with Crippen molar-refractivity contribution in [3.05, 3.63) is 21.8 Å². The van der Waals surface area contributed by atoms with Gasteiger partial charge in [0.15, 0.2) is 0 Å². The molecule has 0 bridgehead atoms. The second-order valence-electron chi connectivity index (χ2n) is 5.24. The third kappa shape index (κ3) is 2.98. The lowest BCUT2D eigenvalue weighted by molar-refractivity contribution is 0.0209. The maximum Gasteiger partial charge on any atom is 0.0601 e. The number of hydrogen-bond donors (Lipinski definition) is 1. The summed E-state index contributed by atoms with van der Waals surface area (Å²) >= 11 is 2.30. The number of nitrogens with zero attached hydrogens (tertiary/aromatic N) is 2. The number of morpholine rings is 1. The number of ether oxygens (including phenoxy) is 1. The second kappa shape index (κ2) is 5.85. The Balaban J connectivity index is 1.67. The normalized spacial score (nSPS) is 24.9. The molecular formula is C14H20IN3O. The van der Waals surface area contributed by atoms with E-state index in [1.54, 1.807) is 0 Å². The molecule has 104 valence electrons. The number of nitrogen functional groups attached to an aromatic ring is 1. The molecule has 0 aliphatic carbocycles. The highest BCUT2D eigenvalue weighted by Gasteiger charge is 2.29. The highest BCUT2D eigenvalue weighted by molar-refractivity contribution is 14.1. The minimum Gasteiger partial charge on any atom is -0.397 e. The standard InChI is InChI=1S/C14H20IN3O/c15-11-1-2-14(13(16)9-11)18-4-3-12(10-18)17-5-7-19-8-6-17/h1-2,9,12H,3-8,10,16H2. The van der Waals surface area contributed by atoms with Gasteiger partial charge in [-0.15, -0.1) is 0 Å². The van der Waals surface area contributed by atoms with Gasteiger partial charge in [0.05, 0.1) is 24.6 Å². The van der Waals surface area contributed by atoms with Crippen LogP contribution in [0.3, 0.4) is 0 Å². The lowest BCUT2D eigenvalue weighted by Crippen LogP contribution is -2.44. The Morgan fingerprint density at radius 1 is 1.21 bits per heavy atom. The summed E-state index contributed by atoms with van der Waals surface area (Å²) in [5.41, 5.74) is 8.23. The Kier molecular flexibility index (Phi) is 4.14. The van der Waals surface area contributed by atoms with Gasteiger partial charge in [-0.25, -0.2) is 0 Å². The molecule has 5 heteroatoms. The monoisotopic (exact) mass is 373 g/mol. The minimum atomic E-state index is 0.655. The molecule has 0 saturated carbocycles. The summed E-state index contributed by atoms with van der Waals surface area (Å²) in [6.07, 6.45) is 1.23. The van der Waals surface area contributed by atoms with E-state index in [0.717, 1.165) is 45.1 Å². The number of anilines is 2. The third-order valence-corrected chi connectivity index (χ3v) is 4.73. The SMILES string of the molecule is Nc1cc(I)ccc1N1CCC(N2CCOCC2)C1. The van der Waals surface area contributed by atoms with Crippen LogP contribution < -0.4 is 10.6 Å². The molecule has 2 N–H and O–H groups in total. The number of benzene rings is 1. The van der Waals surface area contributed by atoms with Gasteiger partial charge in [0.2, 0.25) is 0 Å². The maximum atomic E-state index is 6.15. The van der Waals surface area contributed by atoms with E-state index in [2.05, 4.69) is 50.6 Å². The summed E-state index contributed by atoms with van der Waals surface area (Å²) in [6.45, 7) is 6.09. The lowest BCUT2D eigenvalue weighted by atomic mass is 10.2. The number of hydrogen-bond acceptors (Lipinski definition) is 4. The predicted octanol–water partition coefficient (Wildman–Crippen LogP) is 1.78. The highest BCUT2D eigenvalue weighted by Crippen LogP contribution is 2.29. The van der Waals surface area contributed by atoms with Crippen molar-refractivity contribution >= 4 is 34.0 Å². The van der Waals surface area contributed by atoms with E-state index in [1.807, 2.05) is 0 Å². The molecule has 1 aromatic carbocycles. The van der Waals surface area contributed by atoms with Gasteiger partial charge in [0.1, 0.15) is 0 Å². The largest absolute Gasteiger partial charge is 0.397 e. The first-order valence-corrected chi connectivity index (χ1v) is 7.94. The van der Waals surface area contributed by atoms with Crippen molar-refractivity contribution in [1.82, 2.24) is 4.90 Å². The molecule has 0 aromatic heterocycles. The van der Waals surface area contributed by atoms with E-state index in [0.29, 0.717) is 6.04 Å². The topological polar surface area (TPSA) is 41.7 Å².